The van der Waals surface area contributed by atoms with E-state index in [9.17, 15) is 4.79 Å². The maximum atomic E-state index is 12.8. The van der Waals surface area contributed by atoms with Crippen molar-refractivity contribution in [2.75, 3.05) is 0 Å². The van der Waals surface area contributed by atoms with Crippen LogP contribution in [0.2, 0.25) is 0 Å². The zero-order valence-electron chi connectivity index (χ0n) is 15.8. The number of carbonyl (C=O) groups excluding carboxylic acids is 1. The van der Waals surface area contributed by atoms with Crippen LogP contribution in [0.25, 0.3) is 22.4 Å². The van der Waals surface area contributed by atoms with Gasteiger partial charge in [-0.3, -0.25) is 4.98 Å². The largest absolute Gasteiger partial charge is 0.455 e. The molecule has 0 fully saturated rings. The van der Waals surface area contributed by atoms with Crippen LogP contribution in [-0.2, 0) is 17.8 Å². The summed E-state index contributed by atoms with van der Waals surface area (Å²) >= 11 is 0. The fourth-order valence-corrected chi connectivity index (χ4v) is 3.27. The van der Waals surface area contributed by atoms with Gasteiger partial charge in [0.25, 0.3) is 0 Å². The first-order chi connectivity index (χ1) is 13.7. The second kappa shape index (κ2) is 7.64. The van der Waals surface area contributed by atoms with Crippen molar-refractivity contribution < 1.29 is 13.9 Å². The van der Waals surface area contributed by atoms with E-state index >= 15 is 0 Å². The normalized spacial score (nSPS) is 10.9. The van der Waals surface area contributed by atoms with Crippen molar-refractivity contribution in [1.82, 2.24) is 9.97 Å². The minimum absolute atomic E-state index is 0.0462. The van der Waals surface area contributed by atoms with Gasteiger partial charge in [0.1, 0.15) is 18.6 Å². The maximum Gasteiger partial charge on any atom is 0.340 e. The average molecular weight is 372 g/mol. The minimum Gasteiger partial charge on any atom is -0.455 e. The highest BCUT2D eigenvalue weighted by atomic mass is 16.5. The summed E-state index contributed by atoms with van der Waals surface area (Å²) in [6, 6.07) is 17.4. The highest BCUT2D eigenvalue weighted by Crippen LogP contribution is 2.25. The number of esters is 1. The second-order valence-corrected chi connectivity index (χ2v) is 6.52. The van der Waals surface area contributed by atoms with Crippen LogP contribution >= 0.6 is 0 Å². The second-order valence-electron chi connectivity index (χ2n) is 6.52. The number of aryl methyl sites for hydroxylation is 2. The molecule has 4 rings (SSSR count). The lowest BCUT2D eigenvalue weighted by molar-refractivity contribution is 0.0465. The topological polar surface area (TPSA) is 65.2 Å². The molecule has 0 atom stereocenters. The third-order valence-electron chi connectivity index (χ3n) is 4.69. The van der Waals surface area contributed by atoms with E-state index in [2.05, 4.69) is 9.97 Å². The first-order valence-corrected chi connectivity index (χ1v) is 9.22. The molecule has 140 valence electrons. The molecule has 0 N–H and O–H groups in total. The summed E-state index contributed by atoms with van der Waals surface area (Å²) < 4.78 is 11.0. The Bertz CT molecular complexity index is 1130. The van der Waals surface area contributed by atoms with Gasteiger partial charge in [0.15, 0.2) is 0 Å². The average Bonchev–Trinajstić information content (AvgIpc) is 3.21. The fourth-order valence-electron chi connectivity index (χ4n) is 3.27. The van der Waals surface area contributed by atoms with Crippen LogP contribution < -0.4 is 0 Å². The van der Waals surface area contributed by atoms with E-state index in [-0.39, 0.29) is 6.61 Å². The van der Waals surface area contributed by atoms with E-state index in [1.165, 1.54) is 6.26 Å². The van der Waals surface area contributed by atoms with E-state index in [4.69, 9.17) is 9.15 Å². The molecule has 0 saturated carbocycles. The molecule has 5 heteroatoms. The van der Waals surface area contributed by atoms with Gasteiger partial charge in [0, 0.05) is 10.9 Å². The predicted molar refractivity (Wildman–Crippen MR) is 107 cm³/mol. The van der Waals surface area contributed by atoms with Gasteiger partial charge in [-0.1, -0.05) is 43.3 Å². The number of rotatable bonds is 5. The summed E-state index contributed by atoms with van der Waals surface area (Å²) in [5, 5.41) is 0.958. The number of carbonyl (C=O) groups is 1. The van der Waals surface area contributed by atoms with E-state index in [1.54, 1.807) is 0 Å². The molecule has 0 spiro atoms. The molecule has 0 aliphatic heterocycles. The van der Waals surface area contributed by atoms with Gasteiger partial charge in [0.2, 0.25) is 5.89 Å². The van der Waals surface area contributed by atoms with Gasteiger partial charge >= 0.3 is 5.97 Å². The predicted octanol–water partition coefficient (Wildman–Crippen LogP) is 5.12. The molecule has 2 aromatic heterocycles. The van der Waals surface area contributed by atoms with E-state index in [0.29, 0.717) is 23.6 Å². The van der Waals surface area contributed by atoms with E-state index in [1.807, 2.05) is 68.4 Å². The molecule has 0 amide bonds. The summed E-state index contributed by atoms with van der Waals surface area (Å²) in [5.41, 5.74) is 4.49. The quantitative estimate of drug-likeness (QED) is 0.455. The Kier molecular flexibility index (Phi) is 4.89. The lowest BCUT2D eigenvalue weighted by Gasteiger charge is -2.13. The van der Waals surface area contributed by atoms with Crippen LogP contribution in [0.1, 0.15) is 34.2 Å². The van der Waals surface area contributed by atoms with Gasteiger partial charge in [0.05, 0.1) is 16.8 Å². The molecule has 28 heavy (non-hydrogen) atoms. The molecule has 0 bridgehead atoms. The highest BCUT2D eigenvalue weighted by molar-refractivity contribution is 5.98. The fraction of sp³-hybridized carbons (Fsp3) is 0.174. The van der Waals surface area contributed by atoms with Crippen molar-refractivity contribution in [1.29, 1.82) is 0 Å². The summed E-state index contributed by atoms with van der Waals surface area (Å²) in [4.78, 5) is 21.9. The van der Waals surface area contributed by atoms with Crippen LogP contribution in [0, 0.1) is 6.92 Å². The summed E-state index contributed by atoms with van der Waals surface area (Å²) in [6.45, 7) is 3.96. The number of fused-ring (bicyclic) bond motifs is 1. The number of benzene rings is 2. The number of hydrogen-bond donors (Lipinski definition) is 0. The van der Waals surface area contributed by atoms with Crippen molar-refractivity contribution in [2.24, 2.45) is 0 Å². The molecule has 0 saturated heterocycles. The molecular formula is C23H20N2O3. The lowest BCUT2D eigenvalue weighted by Crippen LogP contribution is -2.12. The summed E-state index contributed by atoms with van der Waals surface area (Å²) in [6.07, 6.45) is 2.17. The van der Waals surface area contributed by atoms with Gasteiger partial charge in [-0.05, 0) is 37.1 Å². The van der Waals surface area contributed by atoms with Crippen LogP contribution in [0.15, 0.2) is 65.3 Å². The van der Waals surface area contributed by atoms with Crippen LogP contribution in [0.4, 0.5) is 0 Å². The van der Waals surface area contributed by atoms with Crippen LogP contribution in [-0.4, -0.2) is 15.9 Å². The number of nitrogens with zero attached hydrogens (tertiary/aromatic N) is 2. The molecule has 0 aliphatic carbocycles. The first-order valence-electron chi connectivity index (χ1n) is 9.22. The number of aromatic nitrogens is 2. The Labute approximate surface area is 163 Å². The number of pyridine rings is 1. The van der Waals surface area contributed by atoms with Crippen LogP contribution in [0.5, 0.6) is 0 Å². The number of oxazole rings is 1. The van der Waals surface area contributed by atoms with Crippen molar-refractivity contribution in [3.8, 4) is 11.5 Å². The van der Waals surface area contributed by atoms with Gasteiger partial charge < -0.3 is 9.15 Å². The highest BCUT2D eigenvalue weighted by Gasteiger charge is 2.19. The zero-order valence-corrected chi connectivity index (χ0v) is 15.8. The molecule has 0 radical (unpaired) electrons. The molecule has 0 unspecified atom stereocenters. The SMILES string of the molecule is CCc1nc2ccccc2c(C)c1C(=O)OCc1coc(-c2ccccc2)n1. The number of ether oxygens (including phenoxy) is 1. The van der Waals surface area contributed by atoms with Gasteiger partial charge in [-0.25, -0.2) is 9.78 Å². The number of para-hydroxylation sites is 1. The molecule has 2 aromatic carbocycles. The summed E-state index contributed by atoms with van der Waals surface area (Å²) in [7, 11) is 0. The molecule has 5 nitrogen and oxygen atoms in total. The Balaban J connectivity index is 1.56. The lowest BCUT2D eigenvalue weighted by atomic mass is 10.0. The number of hydrogen-bond acceptors (Lipinski definition) is 5. The Hall–Kier alpha value is -3.47. The zero-order chi connectivity index (χ0) is 19.5. The Morgan fingerprint density at radius 2 is 1.79 bits per heavy atom. The van der Waals surface area contributed by atoms with Crippen molar-refractivity contribution in [2.45, 2.75) is 26.9 Å². The van der Waals surface area contributed by atoms with Crippen molar-refractivity contribution >= 4 is 16.9 Å². The molecular weight excluding hydrogens is 352 g/mol. The van der Waals surface area contributed by atoms with Gasteiger partial charge in [-0.15, -0.1) is 0 Å². The van der Waals surface area contributed by atoms with Crippen LogP contribution in [0.3, 0.4) is 0 Å². The Morgan fingerprint density at radius 3 is 2.57 bits per heavy atom. The third-order valence-corrected chi connectivity index (χ3v) is 4.69. The maximum absolute atomic E-state index is 12.8. The minimum atomic E-state index is -0.392. The van der Waals surface area contributed by atoms with Crippen molar-refractivity contribution in [3.05, 3.63) is 83.4 Å². The first kappa shape index (κ1) is 17.9. The van der Waals surface area contributed by atoms with E-state index < -0.39 is 5.97 Å². The molecule has 4 aromatic rings. The molecule has 0 aliphatic rings. The van der Waals surface area contributed by atoms with E-state index in [0.717, 1.165) is 27.7 Å². The van der Waals surface area contributed by atoms with Gasteiger partial charge in [-0.2, -0.15) is 0 Å². The standard InChI is InChI=1S/C23H20N2O3/c1-3-19-21(15(2)18-11-7-8-12-20(18)25-19)23(26)28-14-17-13-27-22(24-17)16-9-5-4-6-10-16/h4-13H,3,14H2,1-2H3. The Morgan fingerprint density at radius 1 is 1.04 bits per heavy atom. The molecule has 2 heterocycles. The third kappa shape index (κ3) is 3.39. The monoisotopic (exact) mass is 372 g/mol. The summed E-state index contributed by atoms with van der Waals surface area (Å²) in [5.74, 6) is 0.112. The smallest absolute Gasteiger partial charge is 0.340 e. The van der Waals surface area contributed by atoms with Crippen molar-refractivity contribution in [3.63, 3.8) is 0 Å².